The highest BCUT2D eigenvalue weighted by Crippen LogP contribution is 2.28. The molecule has 2 unspecified atom stereocenters. The summed E-state index contributed by atoms with van der Waals surface area (Å²) in [5.41, 5.74) is 1.20. The number of benzene rings is 1. The van der Waals surface area contributed by atoms with Gasteiger partial charge in [0, 0.05) is 27.4 Å². The molecule has 19 heavy (non-hydrogen) atoms. The fourth-order valence-corrected chi connectivity index (χ4v) is 3.15. The van der Waals surface area contributed by atoms with Crippen LogP contribution in [0.3, 0.4) is 0 Å². The number of aryl methyl sites for hydroxylation is 1. The average molecular weight is 275 g/mol. The van der Waals surface area contributed by atoms with Crippen LogP contribution in [0.25, 0.3) is 0 Å². The quantitative estimate of drug-likeness (QED) is 0.869. The average Bonchev–Trinajstić information content (AvgIpc) is 2.85. The molecule has 0 fully saturated rings. The first kappa shape index (κ1) is 14.1. The molecule has 0 aliphatic heterocycles. The minimum atomic E-state index is 0.258. The molecule has 1 aromatic heterocycles. The number of para-hydroxylation sites is 1. The molecule has 0 spiro atoms. The van der Waals surface area contributed by atoms with Gasteiger partial charge >= 0.3 is 0 Å². The van der Waals surface area contributed by atoms with Gasteiger partial charge in [-0.05, 0) is 39.0 Å². The maximum absolute atomic E-state index is 5.42. The number of ether oxygens (including phenoxy) is 1. The van der Waals surface area contributed by atoms with Crippen LogP contribution >= 0.6 is 11.3 Å². The van der Waals surface area contributed by atoms with Gasteiger partial charge in [-0.25, -0.2) is 0 Å². The Hall–Kier alpha value is -1.32. The summed E-state index contributed by atoms with van der Waals surface area (Å²) in [6, 6.07) is 13.2. The van der Waals surface area contributed by atoms with Crippen molar-refractivity contribution in [2.45, 2.75) is 32.9 Å². The topological polar surface area (TPSA) is 21.3 Å². The van der Waals surface area contributed by atoms with Gasteiger partial charge in [0.15, 0.2) is 0 Å². The number of hydrogen-bond donors (Lipinski definition) is 1. The van der Waals surface area contributed by atoms with E-state index in [1.54, 1.807) is 7.11 Å². The van der Waals surface area contributed by atoms with Crippen molar-refractivity contribution in [3.05, 3.63) is 51.7 Å². The van der Waals surface area contributed by atoms with Crippen LogP contribution in [-0.4, -0.2) is 7.11 Å². The standard InChI is InChI=1S/C16H21NOS/c1-11-9-10-16(19-11)13(3)17-12(2)14-7-5-6-8-15(14)18-4/h5-10,12-13,17H,1-4H3. The number of thiophene rings is 1. The maximum Gasteiger partial charge on any atom is 0.123 e. The largest absolute Gasteiger partial charge is 0.496 e. The third-order valence-corrected chi connectivity index (χ3v) is 4.48. The zero-order valence-corrected chi connectivity index (χ0v) is 12.8. The van der Waals surface area contributed by atoms with E-state index in [9.17, 15) is 0 Å². The van der Waals surface area contributed by atoms with Gasteiger partial charge < -0.3 is 10.1 Å². The second kappa shape index (κ2) is 6.22. The van der Waals surface area contributed by atoms with E-state index in [1.807, 2.05) is 23.5 Å². The van der Waals surface area contributed by atoms with Crippen LogP contribution in [0.5, 0.6) is 5.75 Å². The smallest absolute Gasteiger partial charge is 0.123 e. The summed E-state index contributed by atoms with van der Waals surface area (Å²) in [5, 5.41) is 3.63. The lowest BCUT2D eigenvalue weighted by Gasteiger charge is -2.21. The van der Waals surface area contributed by atoms with Crippen LogP contribution in [-0.2, 0) is 0 Å². The first-order valence-electron chi connectivity index (χ1n) is 6.57. The van der Waals surface area contributed by atoms with Crippen molar-refractivity contribution in [1.29, 1.82) is 0 Å². The summed E-state index contributed by atoms with van der Waals surface area (Å²) < 4.78 is 5.42. The van der Waals surface area contributed by atoms with E-state index in [0.717, 1.165) is 5.75 Å². The molecule has 3 heteroatoms. The van der Waals surface area contributed by atoms with Crippen molar-refractivity contribution in [3.8, 4) is 5.75 Å². The zero-order valence-electron chi connectivity index (χ0n) is 11.9. The van der Waals surface area contributed by atoms with Crippen LogP contribution in [0.15, 0.2) is 36.4 Å². The summed E-state index contributed by atoms with van der Waals surface area (Å²) in [7, 11) is 1.72. The van der Waals surface area contributed by atoms with E-state index in [-0.39, 0.29) is 6.04 Å². The summed E-state index contributed by atoms with van der Waals surface area (Å²) in [6.45, 7) is 6.52. The van der Waals surface area contributed by atoms with Gasteiger partial charge in [0.25, 0.3) is 0 Å². The lowest BCUT2D eigenvalue weighted by Crippen LogP contribution is -2.22. The number of nitrogens with one attached hydrogen (secondary N) is 1. The molecule has 1 N–H and O–H groups in total. The van der Waals surface area contributed by atoms with Crippen molar-refractivity contribution in [2.75, 3.05) is 7.11 Å². The van der Waals surface area contributed by atoms with Gasteiger partial charge in [0.1, 0.15) is 5.75 Å². The van der Waals surface area contributed by atoms with Gasteiger partial charge in [0.2, 0.25) is 0 Å². The minimum Gasteiger partial charge on any atom is -0.496 e. The fourth-order valence-electron chi connectivity index (χ4n) is 2.26. The molecular formula is C16H21NOS. The zero-order chi connectivity index (χ0) is 13.8. The third-order valence-electron chi connectivity index (χ3n) is 3.29. The molecule has 0 amide bonds. The first-order valence-corrected chi connectivity index (χ1v) is 7.38. The Morgan fingerprint density at radius 3 is 2.42 bits per heavy atom. The van der Waals surface area contributed by atoms with Crippen molar-refractivity contribution in [2.24, 2.45) is 0 Å². The Balaban J connectivity index is 2.10. The van der Waals surface area contributed by atoms with Crippen molar-refractivity contribution >= 4 is 11.3 Å². The summed E-state index contributed by atoms with van der Waals surface area (Å²) >= 11 is 1.85. The summed E-state index contributed by atoms with van der Waals surface area (Å²) in [6.07, 6.45) is 0. The highest BCUT2D eigenvalue weighted by atomic mass is 32.1. The third kappa shape index (κ3) is 3.37. The molecule has 0 aliphatic carbocycles. The van der Waals surface area contributed by atoms with Crippen molar-refractivity contribution in [1.82, 2.24) is 5.32 Å². The van der Waals surface area contributed by atoms with E-state index in [4.69, 9.17) is 4.74 Å². The molecule has 0 aliphatic rings. The van der Waals surface area contributed by atoms with Gasteiger partial charge in [-0.1, -0.05) is 18.2 Å². The molecule has 0 saturated carbocycles. The molecule has 1 heterocycles. The van der Waals surface area contributed by atoms with Crippen LogP contribution in [0.2, 0.25) is 0 Å². The molecule has 1 aromatic carbocycles. The normalized spacial score (nSPS) is 14.1. The highest BCUT2D eigenvalue weighted by molar-refractivity contribution is 7.12. The lowest BCUT2D eigenvalue weighted by molar-refractivity contribution is 0.397. The predicted octanol–water partition coefficient (Wildman–Crippen LogP) is 4.48. The molecule has 2 rings (SSSR count). The molecule has 0 saturated heterocycles. The molecule has 2 nitrogen and oxygen atoms in total. The Bertz CT molecular complexity index is 535. The Morgan fingerprint density at radius 2 is 1.79 bits per heavy atom. The monoisotopic (exact) mass is 275 g/mol. The molecule has 2 atom stereocenters. The van der Waals surface area contributed by atoms with Crippen LogP contribution < -0.4 is 10.1 Å². The first-order chi connectivity index (χ1) is 9.11. The Kier molecular flexibility index (Phi) is 4.61. The Morgan fingerprint density at radius 1 is 1.05 bits per heavy atom. The van der Waals surface area contributed by atoms with Crippen LogP contribution in [0, 0.1) is 6.92 Å². The molecular weight excluding hydrogens is 254 g/mol. The van der Waals surface area contributed by atoms with E-state index in [2.05, 4.69) is 50.4 Å². The van der Waals surface area contributed by atoms with Gasteiger partial charge in [0.05, 0.1) is 7.11 Å². The van der Waals surface area contributed by atoms with Crippen molar-refractivity contribution in [3.63, 3.8) is 0 Å². The number of methoxy groups -OCH3 is 1. The minimum absolute atomic E-state index is 0.258. The van der Waals surface area contributed by atoms with E-state index in [1.165, 1.54) is 15.3 Å². The second-order valence-corrected chi connectivity index (χ2v) is 6.12. The van der Waals surface area contributed by atoms with Gasteiger partial charge in [-0.2, -0.15) is 0 Å². The number of rotatable bonds is 5. The molecule has 0 radical (unpaired) electrons. The molecule has 2 aromatic rings. The number of hydrogen-bond acceptors (Lipinski definition) is 3. The van der Waals surface area contributed by atoms with Crippen LogP contribution in [0.1, 0.15) is 41.2 Å². The second-order valence-electron chi connectivity index (χ2n) is 4.80. The van der Waals surface area contributed by atoms with E-state index < -0.39 is 0 Å². The van der Waals surface area contributed by atoms with Crippen molar-refractivity contribution < 1.29 is 4.74 Å². The van der Waals surface area contributed by atoms with Gasteiger partial charge in [-0.15, -0.1) is 11.3 Å². The molecule has 0 bridgehead atoms. The molecule has 102 valence electrons. The predicted molar refractivity (Wildman–Crippen MR) is 82.0 cm³/mol. The summed E-state index contributed by atoms with van der Waals surface area (Å²) in [4.78, 5) is 2.73. The summed E-state index contributed by atoms with van der Waals surface area (Å²) in [5.74, 6) is 0.942. The highest BCUT2D eigenvalue weighted by Gasteiger charge is 2.15. The SMILES string of the molecule is COc1ccccc1C(C)NC(C)c1ccc(C)s1. The fraction of sp³-hybridized carbons (Fsp3) is 0.375. The van der Waals surface area contributed by atoms with E-state index in [0.29, 0.717) is 6.04 Å². The van der Waals surface area contributed by atoms with Crippen LogP contribution in [0.4, 0.5) is 0 Å². The lowest BCUT2D eigenvalue weighted by atomic mass is 10.1. The maximum atomic E-state index is 5.42. The Labute approximate surface area is 119 Å². The van der Waals surface area contributed by atoms with E-state index >= 15 is 0 Å². The van der Waals surface area contributed by atoms with Gasteiger partial charge in [-0.3, -0.25) is 0 Å².